The Labute approximate surface area is 77.2 Å². The molecule has 0 spiro atoms. The van der Waals surface area contributed by atoms with Crippen LogP contribution in [-0.4, -0.2) is 6.04 Å². The van der Waals surface area contributed by atoms with Crippen molar-refractivity contribution < 1.29 is 0 Å². The van der Waals surface area contributed by atoms with Crippen LogP contribution in [0.3, 0.4) is 0 Å². The van der Waals surface area contributed by atoms with E-state index in [0.29, 0.717) is 6.04 Å². The lowest BCUT2D eigenvalue weighted by molar-refractivity contribution is 0.300. The predicted molar refractivity (Wildman–Crippen MR) is 54.2 cm³/mol. The standard InChI is InChI=1S/C9H21N.ClH/c1-5-6-7-8(10)9(2,3)4;/h8H,5-7,10H2,1-4H3;1H/t8-;/m1./s1. The molecule has 0 aliphatic rings. The first-order valence-electron chi connectivity index (χ1n) is 4.24. The van der Waals surface area contributed by atoms with Crippen LogP contribution in [0.4, 0.5) is 0 Å². The van der Waals surface area contributed by atoms with E-state index in [2.05, 4.69) is 27.7 Å². The van der Waals surface area contributed by atoms with Gasteiger partial charge < -0.3 is 5.73 Å². The van der Waals surface area contributed by atoms with Gasteiger partial charge in [0.15, 0.2) is 0 Å². The molecule has 0 aliphatic carbocycles. The van der Waals surface area contributed by atoms with Crippen molar-refractivity contribution >= 4 is 12.4 Å². The molecule has 1 nitrogen and oxygen atoms in total. The summed E-state index contributed by atoms with van der Waals surface area (Å²) in [5.41, 5.74) is 6.22. The van der Waals surface area contributed by atoms with E-state index in [1.165, 1.54) is 19.3 Å². The van der Waals surface area contributed by atoms with Crippen LogP contribution in [0.15, 0.2) is 0 Å². The van der Waals surface area contributed by atoms with Gasteiger partial charge in [-0.15, -0.1) is 12.4 Å². The Morgan fingerprint density at radius 1 is 1.27 bits per heavy atom. The molecule has 0 rings (SSSR count). The lowest BCUT2D eigenvalue weighted by atomic mass is 9.84. The maximum Gasteiger partial charge on any atom is 0.00876 e. The molecule has 2 N–H and O–H groups in total. The van der Waals surface area contributed by atoms with Crippen LogP contribution >= 0.6 is 12.4 Å². The molecule has 70 valence electrons. The van der Waals surface area contributed by atoms with Crippen LogP contribution in [0.25, 0.3) is 0 Å². The molecule has 0 fully saturated rings. The highest BCUT2D eigenvalue weighted by Crippen LogP contribution is 2.20. The van der Waals surface area contributed by atoms with E-state index < -0.39 is 0 Å². The fraction of sp³-hybridized carbons (Fsp3) is 1.00. The molecule has 0 aromatic rings. The molecule has 0 saturated heterocycles. The first-order chi connectivity index (χ1) is 4.48. The molecular formula is C9H22ClN. The second-order valence-corrected chi connectivity index (χ2v) is 4.11. The van der Waals surface area contributed by atoms with Crippen LogP contribution in [0.5, 0.6) is 0 Å². The normalized spacial score (nSPS) is 13.9. The van der Waals surface area contributed by atoms with Gasteiger partial charge >= 0.3 is 0 Å². The first kappa shape index (κ1) is 13.8. The van der Waals surface area contributed by atoms with E-state index in [-0.39, 0.29) is 17.8 Å². The van der Waals surface area contributed by atoms with Crippen molar-refractivity contribution in [3.8, 4) is 0 Å². The SMILES string of the molecule is CCCC[C@@H](N)C(C)(C)C.Cl. The third-order valence-electron chi connectivity index (χ3n) is 1.98. The zero-order valence-electron chi connectivity index (χ0n) is 8.18. The zero-order valence-corrected chi connectivity index (χ0v) is 9.00. The second-order valence-electron chi connectivity index (χ2n) is 4.11. The highest BCUT2D eigenvalue weighted by atomic mass is 35.5. The molecule has 0 amide bonds. The second kappa shape index (κ2) is 5.84. The highest BCUT2D eigenvalue weighted by Gasteiger charge is 2.19. The minimum atomic E-state index is 0. The molecule has 0 bridgehead atoms. The summed E-state index contributed by atoms with van der Waals surface area (Å²) in [5, 5.41) is 0. The van der Waals surface area contributed by atoms with E-state index in [4.69, 9.17) is 5.73 Å². The summed E-state index contributed by atoms with van der Waals surface area (Å²) in [6.45, 7) is 8.81. The first-order valence-corrected chi connectivity index (χ1v) is 4.24. The van der Waals surface area contributed by atoms with Crippen molar-refractivity contribution in [3.63, 3.8) is 0 Å². The maximum atomic E-state index is 5.94. The average Bonchev–Trinajstić information content (AvgIpc) is 1.80. The number of rotatable bonds is 3. The molecule has 11 heavy (non-hydrogen) atoms. The van der Waals surface area contributed by atoms with Gasteiger partial charge in [-0.2, -0.15) is 0 Å². The topological polar surface area (TPSA) is 26.0 Å². The summed E-state index contributed by atoms with van der Waals surface area (Å²) >= 11 is 0. The summed E-state index contributed by atoms with van der Waals surface area (Å²) in [7, 11) is 0. The maximum absolute atomic E-state index is 5.94. The fourth-order valence-electron chi connectivity index (χ4n) is 0.857. The summed E-state index contributed by atoms with van der Waals surface area (Å²) in [4.78, 5) is 0. The van der Waals surface area contributed by atoms with Gasteiger partial charge in [-0.1, -0.05) is 40.5 Å². The molecule has 1 atom stereocenters. The molecule has 0 saturated carbocycles. The van der Waals surface area contributed by atoms with Crippen LogP contribution in [0, 0.1) is 5.41 Å². The van der Waals surface area contributed by atoms with Crippen molar-refractivity contribution in [2.24, 2.45) is 11.1 Å². The van der Waals surface area contributed by atoms with Crippen LogP contribution in [0.1, 0.15) is 47.0 Å². The van der Waals surface area contributed by atoms with E-state index in [1.54, 1.807) is 0 Å². The Bertz CT molecular complexity index is 86.1. The number of hydrogen-bond acceptors (Lipinski definition) is 1. The number of unbranched alkanes of at least 4 members (excludes halogenated alkanes) is 1. The summed E-state index contributed by atoms with van der Waals surface area (Å²) < 4.78 is 0. The molecule has 0 radical (unpaired) electrons. The van der Waals surface area contributed by atoms with E-state index in [9.17, 15) is 0 Å². The summed E-state index contributed by atoms with van der Waals surface area (Å²) in [6, 6.07) is 0.368. The largest absolute Gasteiger partial charge is 0.327 e. The van der Waals surface area contributed by atoms with E-state index >= 15 is 0 Å². The monoisotopic (exact) mass is 179 g/mol. The summed E-state index contributed by atoms with van der Waals surface area (Å²) in [5.74, 6) is 0. The smallest absolute Gasteiger partial charge is 0.00876 e. The van der Waals surface area contributed by atoms with Gasteiger partial charge in [-0.05, 0) is 11.8 Å². The Kier molecular flexibility index (Phi) is 7.34. The molecule has 2 heteroatoms. The Morgan fingerprint density at radius 3 is 2.00 bits per heavy atom. The lowest BCUT2D eigenvalue weighted by Gasteiger charge is -2.26. The highest BCUT2D eigenvalue weighted by molar-refractivity contribution is 5.85. The van der Waals surface area contributed by atoms with Crippen molar-refractivity contribution in [1.29, 1.82) is 0 Å². The molecular weight excluding hydrogens is 158 g/mol. The molecule has 0 aliphatic heterocycles. The average molecular weight is 180 g/mol. The third kappa shape index (κ3) is 6.64. The summed E-state index contributed by atoms with van der Waals surface area (Å²) in [6.07, 6.45) is 3.68. The Morgan fingerprint density at radius 2 is 1.73 bits per heavy atom. The number of hydrogen-bond donors (Lipinski definition) is 1. The minimum Gasteiger partial charge on any atom is -0.327 e. The van der Waals surface area contributed by atoms with Gasteiger partial charge in [0.2, 0.25) is 0 Å². The van der Waals surface area contributed by atoms with Crippen molar-refractivity contribution in [3.05, 3.63) is 0 Å². The van der Waals surface area contributed by atoms with Crippen LogP contribution in [-0.2, 0) is 0 Å². The predicted octanol–water partition coefficient (Wildman–Crippen LogP) is 2.97. The van der Waals surface area contributed by atoms with Gasteiger partial charge in [-0.25, -0.2) is 0 Å². The van der Waals surface area contributed by atoms with Gasteiger partial charge in [-0.3, -0.25) is 0 Å². The molecule has 0 aromatic heterocycles. The minimum absolute atomic E-state index is 0. The third-order valence-corrected chi connectivity index (χ3v) is 1.98. The van der Waals surface area contributed by atoms with Gasteiger partial charge in [0.25, 0.3) is 0 Å². The molecule has 0 aromatic carbocycles. The molecule has 0 unspecified atom stereocenters. The quantitative estimate of drug-likeness (QED) is 0.709. The van der Waals surface area contributed by atoms with E-state index in [1.807, 2.05) is 0 Å². The van der Waals surface area contributed by atoms with Crippen LogP contribution < -0.4 is 5.73 Å². The fourth-order valence-corrected chi connectivity index (χ4v) is 0.857. The van der Waals surface area contributed by atoms with Gasteiger partial charge in [0.05, 0.1) is 0 Å². The van der Waals surface area contributed by atoms with Gasteiger partial charge in [0, 0.05) is 6.04 Å². The molecule has 0 heterocycles. The Hall–Kier alpha value is 0.250. The van der Waals surface area contributed by atoms with Crippen molar-refractivity contribution in [2.45, 2.75) is 53.0 Å². The van der Waals surface area contributed by atoms with Crippen molar-refractivity contribution in [1.82, 2.24) is 0 Å². The zero-order chi connectivity index (χ0) is 8.20. The van der Waals surface area contributed by atoms with E-state index in [0.717, 1.165) is 0 Å². The van der Waals surface area contributed by atoms with Gasteiger partial charge in [0.1, 0.15) is 0 Å². The van der Waals surface area contributed by atoms with Crippen molar-refractivity contribution in [2.75, 3.05) is 0 Å². The Balaban J connectivity index is 0. The number of nitrogens with two attached hydrogens (primary N) is 1. The number of halogens is 1. The lowest BCUT2D eigenvalue weighted by Crippen LogP contribution is -2.34. The van der Waals surface area contributed by atoms with Crippen LogP contribution in [0.2, 0.25) is 0 Å².